The van der Waals surface area contributed by atoms with Crippen LogP contribution in [-0.4, -0.2) is 25.1 Å². The number of carbonyl (C=O) groups excluding carboxylic acids is 2. The molecule has 0 unspecified atom stereocenters. The first-order valence-corrected chi connectivity index (χ1v) is 10.9. The van der Waals surface area contributed by atoms with Crippen LogP contribution in [0.4, 0.5) is 5.69 Å². The molecule has 3 aromatic rings. The lowest BCUT2D eigenvalue weighted by molar-refractivity contribution is -0.120. The van der Waals surface area contributed by atoms with Gasteiger partial charge in [0.05, 0.1) is 18.7 Å². The third-order valence-corrected chi connectivity index (χ3v) is 5.35. The number of carbonyl (C=O) groups is 2. The largest absolute Gasteiger partial charge is 0.484 e. The minimum absolute atomic E-state index is 0.192. The lowest BCUT2D eigenvalue weighted by Gasteiger charge is -2.24. The number of nitrogens with zero attached hydrogens (tertiary/aromatic N) is 1. The highest BCUT2D eigenvalue weighted by Crippen LogP contribution is 2.26. The van der Waals surface area contributed by atoms with Crippen LogP contribution in [0.25, 0.3) is 0 Å². The molecule has 0 radical (unpaired) electrons. The highest BCUT2D eigenvalue weighted by molar-refractivity contribution is 6.35. The molecule has 0 aliphatic carbocycles. The number of amides is 1. The Balaban J connectivity index is 1.83. The molecule has 166 valence electrons. The van der Waals surface area contributed by atoms with Gasteiger partial charge in [0.1, 0.15) is 5.75 Å². The van der Waals surface area contributed by atoms with Gasteiger partial charge in [-0.1, -0.05) is 40.9 Å². The Bertz CT molecular complexity index is 1090. The molecule has 0 aliphatic rings. The normalized spacial score (nSPS) is 10.5. The van der Waals surface area contributed by atoms with Crippen molar-refractivity contribution in [2.24, 2.45) is 0 Å². The van der Waals surface area contributed by atoms with E-state index in [0.717, 1.165) is 0 Å². The maximum absolute atomic E-state index is 13.1. The molecule has 0 atom stereocenters. The van der Waals surface area contributed by atoms with Crippen molar-refractivity contribution in [2.45, 2.75) is 13.5 Å². The van der Waals surface area contributed by atoms with Gasteiger partial charge >= 0.3 is 5.97 Å². The van der Waals surface area contributed by atoms with Crippen LogP contribution in [0.3, 0.4) is 0 Å². The van der Waals surface area contributed by atoms with Crippen LogP contribution in [-0.2, 0) is 16.1 Å². The fourth-order valence-electron chi connectivity index (χ4n) is 2.89. The molecule has 0 fully saturated rings. The number of ether oxygens (including phenoxy) is 2. The number of hydrogen-bond donors (Lipinski definition) is 0. The highest BCUT2D eigenvalue weighted by Gasteiger charge is 2.19. The van der Waals surface area contributed by atoms with E-state index in [-0.39, 0.29) is 25.7 Å². The quantitative estimate of drug-likeness (QED) is 0.340. The van der Waals surface area contributed by atoms with Crippen molar-refractivity contribution >= 4 is 52.4 Å². The van der Waals surface area contributed by atoms with Gasteiger partial charge < -0.3 is 14.4 Å². The summed E-state index contributed by atoms with van der Waals surface area (Å²) in [5.41, 5.74) is 1.68. The molecule has 8 heteroatoms. The summed E-state index contributed by atoms with van der Waals surface area (Å²) < 4.78 is 10.6. The second-order valence-corrected chi connectivity index (χ2v) is 8.01. The van der Waals surface area contributed by atoms with Gasteiger partial charge in [-0.2, -0.15) is 0 Å². The lowest BCUT2D eigenvalue weighted by atomic mass is 10.1. The third kappa shape index (κ3) is 6.39. The maximum atomic E-state index is 13.1. The number of hydrogen-bond acceptors (Lipinski definition) is 4. The molecule has 0 N–H and O–H groups in total. The number of anilines is 1. The average Bonchev–Trinajstić information content (AvgIpc) is 2.78. The van der Waals surface area contributed by atoms with E-state index in [4.69, 9.17) is 44.3 Å². The number of halogens is 3. The van der Waals surface area contributed by atoms with Gasteiger partial charge in [0.25, 0.3) is 5.91 Å². The van der Waals surface area contributed by atoms with Crippen molar-refractivity contribution in [3.63, 3.8) is 0 Å². The molecule has 32 heavy (non-hydrogen) atoms. The van der Waals surface area contributed by atoms with E-state index in [1.807, 2.05) is 0 Å². The Kier molecular flexibility index (Phi) is 8.39. The summed E-state index contributed by atoms with van der Waals surface area (Å²) in [7, 11) is 0. The number of esters is 1. The molecule has 0 spiro atoms. The predicted octanol–water partition coefficient (Wildman–Crippen LogP) is 6.44. The van der Waals surface area contributed by atoms with Crippen molar-refractivity contribution in [1.82, 2.24) is 0 Å². The van der Waals surface area contributed by atoms with Gasteiger partial charge in [0, 0.05) is 20.8 Å². The van der Waals surface area contributed by atoms with Crippen molar-refractivity contribution < 1.29 is 19.1 Å². The Labute approximate surface area is 201 Å². The topological polar surface area (TPSA) is 55.8 Å². The zero-order valence-corrected chi connectivity index (χ0v) is 19.5. The van der Waals surface area contributed by atoms with Crippen LogP contribution < -0.4 is 9.64 Å². The molecular formula is C24H20Cl3NO4. The SMILES string of the molecule is CCOC(=O)c1ccc(N(Cc2ccc(Cl)cc2Cl)C(=O)COc2ccc(Cl)cc2)cc1. The smallest absolute Gasteiger partial charge is 0.338 e. The molecule has 3 aromatic carbocycles. The second-order valence-electron chi connectivity index (χ2n) is 6.73. The molecular weight excluding hydrogens is 473 g/mol. The minimum Gasteiger partial charge on any atom is -0.484 e. The first-order valence-electron chi connectivity index (χ1n) is 9.77. The molecule has 5 nitrogen and oxygen atoms in total. The first kappa shape index (κ1) is 23.9. The zero-order valence-electron chi connectivity index (χ0n) is 17.2. The first-order chi connectivity index (χ1) is 15.4. The van der Waals surface area contributed by atoms with E-state index in [9.17, 15) is 9.59 Å². The van der Waals surface area contributed by atoms with E-state index in [1.54, 1.807) is 73.7 Å². The summed E-state index contributed by atoms with van der Waals surface area (Å²) in [6, 6.07) is 18.4. The van der Waals surface area contributed by atoms with Crippen LogP contribution in [0.15, 0.2) is 66.7 Å². The van der Waals surface area contributed by atoms with Gasteiger partial charge in [-0.3, -0.25) is 4.79 Å². The Morgan fingerprint density at radius 3 is 2.16 bits per heavy atom. The fraction of sp³-hybridized carbons (Fsp3) is 0.167. The standard InChI is InChI=1S/C24H20Cl3NO4/c1-2-31-24(30)16-4-9-20(10-5-16)28(14-17-3-6-19(26)13-22(17)27)23(29)15-32-21-11-7-18(25)8-12-21/h3-13H,2,14-15H2,1H3. The van der Waals surface area contributed by atoms with Gasteiger partial charge in [0.15, 0.2) is 6.61 Å². The molecule has 0 saturated heterocycles. The van der Waals surface area contributed by atoms with E-state index in [0.29, 0.717) is 37.6 Å². The summed E-state index contributed by atoms with van der Waals surface area (Å²) in [6.07, 6.45) is 0. The zero-order chi connectivity index (χ0) is 23.1. The van der Waals surface area contributed by atoms with E-state index < -0.39 is 5.97 Å². The van der Waals surface area contributed by atoms with Crippen molar-refractivity contribution in [3.8, 4) is 5.75 Å². The van der Waals surface area contributed by atoms with Crippen molar-refractivity contribution in [2.75, 3.05) is 18.1 Å². The summed E-state index contributed by atoms with van der Waals surface area (Å²) in [4.78, 5) is 26.6. The Morgan fingerprint density at radius 1 is 0.875 bits per heavy atom. The highest BCUT2D eigenvalue weighted by atomic mass is 35.5. The van der Waals surface area contributed by atoms with Crippen LogP contribution in [0, 0.1) is 0 Å². The van der Waals surface area contributed by atoms with Gasteiger partial charge in [-0.25, -0.2) is 4.79 Å². The molecule has 0 aromatic heterocycles. The molecule has 0 heterocycles. The summed E-state index contributed by atoms with van der Waals surface area (Å²) in [5, 5.41) is 1.52. The van der Waals surface area contributed by atoms with E-state index in [1.165, 1.54) is 4.90 Å². The molecule has 0 bridgehead atoms. The minimum atomic E-state index is -0.427. The maximum Gasteiger partial charge on any atom is 0.338 e. The summed E-state index contributed by atoms with van der Waals surface area (Å²) in [5.74, 6) is -0.205. The summed E-state index contributed by atoms with van der Waals surface area (Å²) >= 11 is 18.2. The number of benzene rings is 3. The molecule has 1 amide bonds. The van der Waals surface area contributed by atoms with Crippen LogP contribution in [0.5, 0.6) is 5.75 Å². The van der Waals surface area contributed by atoms with Crippen LogP contribution >= 0.6 is 34.8 Å². The van der Waals surface area contributed by atoms with E-state index in [2.05, 4.69) is 0 Å². The van der Waals surface area contributed by atoms with Gasteiger partial charge in [0.2, 0.25) is 0 Å². The van der Waals surface area contributed by atoms with Gasteiger partial charge in [-0.05, 0) is 73.2 Å². The molecule has 0 aliphatic heterocycles. The van der Waals surface area contributed by atoms with Gasteiger partial charge in [-0.15, -0.1) is 0 Å². The average molecular weight is 493 g/mol. The Morgan fingerprint density at radius 2 is 1.53 bits per heavy atom. The van der Waals surface area contributed by atoms with E-state index >= 15 is 0 Å². The number of rotatable bonds is 8. The monoisotopic (exact) mass is 491 g/mol. The third-order valence-electron chi connectivity index (χ3n) is 4.51. The Hall–Kier alpha value is -2.73. The van der Waals surface area contributed by atoms with Crippen LogP contribution in [0.2, 0.25) is 15.1 Å². The van der Waals surface area contributed by atoms with Crippen LogP contribution in [0.1, 0.15) is 22.8 Å². The summed E-state index contributed by atoms with van der Waals surface area (Å²) in [6.45, 7) is 2.01. The lowest BCUT2D eigenvalue weighted by Crippen LogP contribution is -2.34. The fourth-order valence-corrected chi connectivity index (χ4v) is 3.48. The molecule has 3 rings (SSSR count). The molecule has 0 saturated carbocycles. The van der Waals surface area contributed by atoms with Crippen molar-refractivity contribution in [3.05, 3.63) is 92.9 Å². The predicted molar refractivity (Wildman–Crippen MR) is 127 cm³/mol. The van der Waals surface area contributed by atoms with Crippen molar-refractivity contribution in [1.29, 1.82) is 0 Å². The second kappa shape index (κ2) is 11.2.